The van der Waals surface area contributed by atoms with Gasteiger partial charge >= 0.3 is 0 Å². The van der Waals surface area contributed by atoms with E-state index in [1.807, 2.05) is 6.07 Å². The first-order chi connectivity index (χ1) is 11.9. The van der Waals surface area contributed by atoms with Crippen LogP contribution in [0.1, 0.15) is 18.9 Å². The predicted molar refractivity (Wildman–Crippen MR) is 87.2 cm³/mol. The highest BCUT2D eigenvalue weighted by atomic mass is 16.7. The largest absolute Gasteiger partial charge is 0.354 e. The minimum absolute atomic E-state index is 0.0350. The highest BCUT2D eigenvalue weighted by molar-refractivity contribution is 6.23. The van der Waals surface area contributed by atoms with Gasteiger partial charge in [0, 0.05) is 21.1 Å². The monoisotopic (exact) mass is 345 g/mol. The summed E-state index contributed by atoms with van der Waals surface area (Å²) in [5.74, 6) is -1.25. The van der Waals surface area contributed by atoms with Gasteiger partial charge in [0.05, 0.1) is 30.3 Å². The lowest BCUT2D eigenvalue weighted by Gasteiger charge is -2.29. The maximum Gasteiger partial charge on any atom is 0.257 e. The number of ether oxygens (including phenoxy) is 2. The first-order valence-electron chi connectivity index (χ1n) is 7.62. The van der Waals surface area contributed by atoms with E-state index in [-0.39, 0.29) is 18.9 Å². The van der Waals surface area contributed by atoms with Crippen LogP contribution in [0.5, 0.6) is 0 Å². The van der Waals surface area contributed by atoms with Gasteiger partial charge in [-0.15, -0.1) is 0 Å². The molecular weight excluding hydrogens is 326 g/mol. The number of benzene rings is 1. The predicted octanol–water partition coefficient (Wildman–Crippen LogP) is 0.658. The molecule has 0 aromatic heterocycles. The second-order valence-corrected chi connectivity index (χ2v) is 5.52. The van der Waals surface area contributed by atoms with E-state index in [0.29, 0.717) is 11.3 Å². The standard InChI is InChI=1S/C17H19N3O5/c1-11(21)19(10-16(24-2)25-3)14-8-15(22)20(17(14)23)13-6-4-12(9-18)5-7-13/h4-7,14,16H,8,10H2,1-3H3. The second kappa shape index (κ2) is 7.88. The zero-order valence-corrected chi connectivity index (χ0v) is 14.3. The van der Waals surface area contributed by atoms with Gasteiger partial charge in [0.15, 0.2) is 6.29 Å². The molecule has 8 heteroatoms. The Bertz CT molecular complexity index is 706. The number of hydrogen-bond donors (Lipinski definition) is 0. The molecule has 1 heterocycles. The Morgan fingerprint density at radius 3 is 2.40 bits per heavy atom. The van der Waals surface area contributed by atoms with Gasteiger partial charge in [0.25, 0.3) is 5.91 Å². The van der Waals surface area contributed by atoms with Gasteiger partial charge < -0.3 is 14.4 Å². The molecular formula is C17H19N3O5. The van der Waals surface area contributed by atoms with Crippen LogP contribution >= 0.6 is 0 Å². The molecule has 25 heavy (non-hydrogen) atoms. The molecule has 1 aliphatic rings. The van der Waals surface area contributed by atoms with Crippen LogP contribution in [0.2, 0.25) is 0 Å². The number of amides is 3. The van der Waals surface area contributed by atoms with Crippen LogP contribution < -0.4 is 4.90 Å². The smallest absolute Gasteiger partial charge is 0.257 e. The Morgan fingerprint density at radius 2 is 1.92 bits per heavy atom. The minimum Gasteiger partial charge on any atom is -0.354 e. The summed E-state index contributed by atoms with van der Waals surface area (Å²) in [5.41, 5.74) is 0.794. The molecule has 2 rings (SSSR count). The molecule has 0 saturated carbocycles. The topological polar surface area (TPSA) is 99.9 Å². The number of carbonyl (C=O) groups excluding carboxylic acids is 3. The van der Waals surface area contributed by atoms with E-state index in [1.54, 1.807) is 0 Å². The number of carbonyl (C=O) groups is 3. The second-order valence-electron chi connectivity index (χ2n) is 5.52. The number of hydrogen-bond acceptors (Lipinski definition) is 6. The van der Waals surface area contributed by atoms with Crippen LogP contribution in [-0.4, -0.2) is 55.7 Å². The zero-order chi connectivity index (χ0) is 18.6. The first-order valence-corrected chi connectivity index (χ1v) is 7.62. The van der Waals surface area contributed by atoms with Crippen molar-refractivity contribution in [2.75, 3.05) is 25.7 Å². The van der Waals surface area contributed by atoms with Gasteiger partial charge in [-0.25, -0.2) is 4.90 Å². The number of methoxy groups -OCH3 is 2. The average Bonchev–Trinajstić information content (AvgIpc) is 2.90. The summed E-state index contributed by atoms with van der Waals surface area (Å²) in [6, 6.07) is 7.18. The Balaban J connectivity index is 2.25. The van der Waals surface area contributed by atoms with E-state index in [9.17, 15) is 14.4 Å². The van der Waals surface area contributed by atoms with Crippen molar-refractivity contribution in [3.8, 4) is 6.07 Å². The maximum atomic E-state index is 12.7. The maximum absolute atomic E-state index is 12.7. The van der Waals surface area contributed by atoms with E-state index in [1.165, 1.54) is 50.3 Å². The minimum atomic E-state index is -0.909. The molecule has 1 atom stereocenters. The fourth-order valence-corrected chi connectivity index (χ4v) is 2.70. The zero-order valence-electron chi connectivity index (χ0n) is 14.3. The molecule has 1 aromatic rings. The van der Waals surface area contributed by atoms with Crippen molar-refractivity contribution in [2.45, 2.75) is 25.7 Å². The molecule has 1 saturated heterocycles. The molecule has 0 radical (unpaired) electrons. The van der Waals surface area contributed by atoms with E-state index >= 15 is 0 Å². The number of nitriles is 1. The van der Waals surface area contributed by atoms with E-state index < -0.39 is 24.1 Å². The van der Waals surface area contributed by atoms with Crippen molar-refractivity contribution < 1.29 is 23.9 Å². The summed E-state index contributed by atoms with van der Waals surface area (Å²) in [6.45, 7) is 1.36. The Morgan fingerprint density at radius 1 is 1.32 bits per heavy atom. The van der Waals surface area contributed by atoms with Gasteiger partial charge in [-0.3, -0.25) is 14.4 Å². The highest BCUT2D eigenvalue weighted by Crippen LogP contribution is 2.26. The molecule has 0 spiro atoms. The van der Waals surface area contributed by atoms with E-state index in [4.69, 9.17) is 14.7 Å². The summed E-state index contributed by atoms with van der Waals surface area (Å²) >= 11 is 0. The van der Waals surface area contributed by atoms with E-state index in [0.717, 1.165) is 4.90 Å². The van der Waals surface area contributed by atoms with E-state index in [2.05, 4.69) is 0 Å². The summed E-state index contributed by atoms with van der Waals surface area (Å²) in [5, 5.41) is 8.84. The van der Waals surface area contributed by atoms with Crippen molar-refractivity contribution in [3.05, 3.63) is 29.8 Å². The fourth-order valence-electron chi connectivity index (χ4n) is 2.70. The van der Waals surface area contributed by atoms with Crippen LogP contribution in [0.25, 0.3) is 0 Å². The van der Waals surface area contributed by atoms with Crippen LogP contribution in [0.4, 0.5) is 5.69 Å². The highest BCUT2D eigenvalue weighted by Gasteiger charge is 2.44. The van der Waals surface area contributed by atoms with Crippen LogP contribution in [0, 0.1) is 11.3 Å². The van der Waals surface area contributed by atoms with Gasteiger partial charge in [-0.05, 0) is 24.3 Å². The normalized spacial score (nSPS) is 17.1. The molecule has 0 N–H and O–H groups in total. The fraction of sp³-hybridized carbons (Fsp3) is 0.412. The quantitative estimate of drug-likeness (QED) is 0.555. The summed E-state index contributed by atoms with van der Waals surface area (Å²) in [4.78, 5) is 39.4. The molecule has 1 aliphatic heterocycles. The lowest BCUT2D eigenvalue weighted by molar-refractivity contribution is -0.150. The molecule has 0 bridgehead atoms. The lowest BCUT2D eigenvalue weighted by Crippen LogP contribution is -2.48. The molecule has 8 nitrogen and oxygen atoms in total. The van der Waals surface area contributed by atoms with Gasteiger partial charge in [-0.1, -0.05) is 0 Å². The summed E-state index contributed by atoms with van der Waals surface area (Å²) in [7, 11) is 2.86. The molecule has 0 aliphatic carbocycles. The van der Waals surface area contributed by atoms with Gasteiger partial charge in [0.2, 0.25) is 11.8 Å². The Kier molecular flexibility index (Phi) is 5.85. The number of anilines is 1. The molecule has 1 fully saturated rings. The van der Waals surface area contributed by atoms with Crippen LogP contribution in [0.15, 0.2) is 24.3 Å². The average molecular weight is 345 g/mol. The van der Waals surface area contributed by atoms with Crippen LogP contribution in [0.3, 0.4) is 0 Å². The Hall–Kier alpha value is -2.76. The third-order valence-corrected chi connectivity index (χ3v) is 4.03. The Labute approximate surface area is 145 Å². The van der Waals surface area contributed by atoms with Crippen molar-refractivity contribution in [1.29, 1.82) is 5.26 Å². The third kappa shape index (κ3) is 3.84. The van der Waals surface area contributed by atoms with Gasteiger partial charge in [0.1, 0.15) is 6.04 Å². The van der Waals surface area contributed by atoms with Crippen molar-refractivity contribution in [2.24, 2.45) is 0 Å². The summed E-state index contributed by atoms with van der Waals surface area (Å²) < 4.78 is 10.2. The number of imide groups is 1. The first kappa shape index (κ1) is 18.6. The van der Waals surface area contributed by atoms with Crippen LogP contribution in [-0.2, 0) is 23.9 Å². The molecule has 1 aromatic carbocycles. The third-order valence-electron chi connectivity index (χ3n) is 4.03. The van der Waals surface area contributed by atoms with Crippen molar-refractivity contribution in [1.82, 2.24) is 4.90 Å². The SMILES string of the molecule is COC(CN(C(C)=O)C1CC(=O)N(c2ccc(C#N)cc2)C1=O)OC. The number of nitrogens with zero attached hydrogens (tertiary/aromatic N) is 3. The molecule has 1 unspecified atom stereocenters. The van der Waals surface area contributed by atoms with Crippen molar-refractivity contribution in [3.63, 3.8) is 0 Å². The van der Waals surface area contributed by atoms with Gasteiger partial charge in [-0.2, -0.15) is 5.26 Å². The molecule has 3 amide bonds. The molecule has 132 valence electrons. The van der Waals surface area contributed by atoms with Crippen molar-refractivity contribution >= 4 is 23.4 Å². The summed E-state index contributed by atoms with van der Waals surface area (Å²) in [6.07, 6.45) is -0.811. The lowest BCUT2D eigenvalue weighted by atomic mass is 10.2. The number of rotatable bonds is 6.